The number of hydrogen-bond acceptors (Lipinski definition) is 6. The van der Waals surface area contributed by atoms with E-state index in [2.05, 4.69) is 33.5 Å². The molecule has 0 aliphatic heterocycles. The highest BCUT2D eigenvalue weighted by Crippen LogP contribution is 2.21. The van der Waals surface area contributed by atoms with Crippen LogP contribution in [0.5, 0.6) is 0 Å². The first-order valence-electron chi connectivity index (χ1n) is 8.00. The van der Waals surface area contributed by atoms with Crippen molar-refractivity contribution in [1.29, 1.82) is 0 Å². The molecule has 0 fully saturated rings. The number of nitrogens with zero attached hydrogens (tertiary/aromatic N) is 4. The number of nitrogens with one attached hydrogen (secondary N) is 1. The lowest BCUT2D eigenvalue weighted by atomic mass is 10.1. The maximum Gasteiger partial charge on any atom is 0.241 e. The van der Waals surface area contributed by atoms with Crippen molar-refractivity contribution in [3.63, 3.8) is 0 Å². The monoisotopic (exact) mass is 335 g/mol. The summed E-state index contributed by atoms with van der Waals surface area (Å²) in [6.07, 6.45) is 5.28. The van der Waals surface area contributed by atoms with Crippen molar-refractivity contribution >= 4 is 0 Å². The number of hydrogen-bond donors (Lipinski definition) is 1. The summed E-state index contributed by atoms with van der Waals surface area (Å²) in [5, 5.41) is 11.7. The molecule has 7 heteroatoms. The third kappa shape index (κ3) is 3.22. The smallest absolute Gasteiger partial charge is 0.241 e. The molecule has 0 radical (unpaired) electrons. The molecule has 25 heavy (non-hydrogen) atoms. The van der Waals surface area contributed by atoms with Crippen LogP contribution in [-0.2, 0) is 6.54 Å². The Morgan fingerprint density at radius 3 is 2.88 bits per heavy atom. The van der Waals surface area contributed by atoms with Gasteiger partial charge in [0.1, 0.15) is 0 Å². The van der Waals surface area contributed by atoms with Crippen molar-refractivity contribution in [2.75, 3.05) is 0 Å². The summed E-state index contributed by atoms with van der Waals surface area (Å²) in [5.74, 6) is 1.55. The van der Waals surface area contributed by atoms with Gasteiger partial charge in [0.05, 0.1) is 18.5 Å². The molecule has 1 N–H and O–H groups in total. The summed E-state index contributed by atoms with van der Waals surface area (Å²) < 4.78 is 12.4. The van der Waals surface area contributed by atoms with Gasteiger partial charge in [-0.15, -0.1) is 0 Å². The molecule has 0 aliphatic rings. The molecule has 0 saturated heterocycles. The predicted octanol–water partition coefficient (Wildman–Crippen LogP) is 3.37. The largest absolute Gasteiger partial charge is 0.461 e. The van der Waals surface area contributed by atoms with Gasteiger partial charge in [0.25, 0.3) is 0 Å². The summed E-state index contributed by atoms with van der Waals surface area (Å²) in [7, 11) is 0. The van der Waals surface area contributed by atoms with Gasteiger partial charge in [0.2, 0.25) is 11.7 Å². The van der Waals surface area contributed by atoms with Gasteiger partial charge in [-0.2, -0.15) is 10.1 Å². The molecule has 3 heterocycles. The van der Waals surface area contributed by atoms with Crippen molar-refractivity contribution in [1.82, 2.24) is 25.2 Å². The highest BCUT2D eigenvalue weighted by Gasteiger charge is 2.14. The van der Waals surface area contributed by atoms with Crippen LogP contribution < -0.4 is 5.32 Å². The van der Waals surface area contributed by atoms with E-state index in [0.29, 0.717) is 24.0 Å². The van der Waals surface area contributed by atoms with E-state index in [1.54, 1.807) is 24.6 Å². The normalized spacial score (nSPS) is 12.4. The molecule has 0 aliphatic carbocycles. The van der Waals surface area contributed by atoms with Crippen molar-refractivity contribution in [3.8, 4) is 17.3 Å². The molecular weight excluding hydrogens is 318 g/mol. The van der Waals surface area contributed by atoms with Gasteiger partial charge in [-0.3, -0.25) is 0 Å². The second-order valence-electron chi connectivity index (χ2n) is 5.60. The van der Waals surface area contributed by atoms with Gasteiger partial charge >= 0.3 is 0 Å². The third-order valence-electron chi connectivity index (χ3n) is 3.92. The van der Waals surface area contributed by atoms with Gasteiger partial charge in [0, 0.05) is 18.4 Å². The minimum absolute atomic E-state index is 0.0827. The van der Waals surface area contributed by atoms with Crippen LogP contribution in [0.4, 0.5) is 0 Å². The Morgan fingerprint density at radius 1 is 1.16 bits per heavy atom. The van der Waals surface area contributed by atoms with Crippen LogP contribution in [0.2, 0.25) is 0 Å². The zero-order valence-electron chi connectivity index (χ0n) is 13.7. The van der Waals surface area contributed by atoms with Crippen LogP contribution >= 0.6 is 0 Å². The molecule has 126 valence electrons. The van der Waals surface area contributed by atoms with Gasteiger partial charge in [-0.25, -0.2) is 4.68 Å². The predicted molar refractivity (Wildman–Crippen MR) is 90.8 cm³/mol. The number of aromatic nitrogens is 4. The zero-order valence-corrected chi connectivity index (χ0v) is 13.7. The first-order valence-corrected chi connectivity index (χ1v) is 8.00. The molecule has 0 spiro atoms. The SMILES string of the molecule is CC(NCc1nc(-c2ccco2)no1)c1ccccc1-n1cccn1. The van der Waals surface area contributed by atoms with E-state index in [9.17, 15) is 0 Å². The topological polar surface area (TPSA) is 81.9 Å². The summed E-state index contributed by atoms with van der Waals surface area (Å²) >= 11 is 0. The Kier molecular flexibility index (Phi) is 4.14. The van der Waals surface area contributed by atoms with E-state index < -0.39 is 0 Å². The maximum atomic E-state index is 5.28. The molecule has 4 aromatic rings. The average Bonchev–Trinajstić information content (AvgIpc) is 3.41. The van der Waals surface area contributed by atoms with E-state index in [-0.39, 0.29) is 6.04 Å². The zero-order chi connectivity index (χ0) is 17.1. The fourth-order valence-corrected chi connectivity index (χ4v) is 2.66. The highest BCUT2D eigenvalue weighted by molar-refractivity contribution is 5.44. The Bertz CT molecular complexity index is 928. The fourth-order valence-electron chi connectivity index (χ4n) is 2.66. The molecular formula is C18H17N5O2. The van der Waals surface area contributed by atoms with Crippen molar-refractivity contribution < 1.29 is 8.94 Å². The Balaban J connectivity index is 1.47. The standard InChI is InChI=1S/C18H17N5O2/c1-13(14-6-2-3-7-15(14)23-10-5-9-20-23)19-12-17-21-18(22-25-17)16-8-4-11-24-16/h2-11,13,19H,12H2,1H3. The molecule has 0 saturated carbocycles. The second-order valence-corrected chi connectivity index (χ2v) is 5.60. The lowest BCUT2D eigenvalue weighted by Gasteiger charge is -2.17. The summed E-state index contributed by atoms with van der Waals surface area (Å²) in [4.78, 5) is 4.34. The molecule has 1 aromatic carbocycles. The van der Waals surface area contributed by atoms with E-state index >= 15 is 0 Å². The summed E-state index contributed by atoms with van der Waals surface area (Å²) in [6.45, 7) is 2.55. The number of rotatable bonds is 6. The number of furan rings is 1. The van der Waals surface area contributed by atoms with Crippen LogP contribution in [0.1, 0.15) is 24.4 Å². The van der Waals surface area contributed by atoms with Gasteiger partial charge < -0.3 is 14.3 Å². The first kappa shape index (κ1) is 15.3. The van der Waals surface area contributed by atoms with Gasteiger partial charge in [0.15, 0.2) is 5.76 Å². The number of para-hydroxylation sites is 1. The molecule has 4 rings (SSSR count). The molecule has 7 nitrogen and oxygen atoms in total. The van der Waals surface area contributed by atoms with Crippen molar-refractivity contribution in [3.05, 3.63) is 72.6 Å². The summed E-state index contributed by atoms with van der Waals surface area (Å²) in [6, 6.07) is 13.7. The highest BCUT2D eigenvalue weighted by atomic mass is 16.5. The average molecular weight is 335 g/mol. The van der Waals surface area contributed by atoms with Crippen molar-refractivity contribution in [2.24, 2.45) is 0 Å². The molecule has 0 bridgehead atoms. The maximum absolute atomic E-state index is 5.28. The molecule has 1 unspecified atom stereocenters. The van der Waals surface area contributed by atoms with Crippen LogP contribution in [-0.4, -0.2) is 19.9 Å². The van der Waals surface area contributed by atoms with E-state index in [1.165, 1.54) is 0 Å². The van der Waals surface area contributed by atoms with E-state index in [0.717, 1.165) is 11.3 Å². The van der Waals surface area contributed by atoms with Crippen LogP contribution in [0.25, 0.3) is 17.3 Å². The quantitative estimate of drug-likeness (QED) is 0.582. The lowest BCUT2D eigenvalue weighted by Crippen LogP contribution is -2.20. The van der Waals surface area contributed by atoms with Gasteiger partial charge in [-0.1, -0.05) is 23.4 Å². The molecule has 3 aromatic heterocycles. The first-order chi connectivity index (χ1) is 12.3. The van der Waals surface area contributed by atoms with E-state index in [4.69, 9.17) is 8.94 Å². The molecule has 0 amide bonds. The fraction of sp³-hybridized carbons (Fsp3) is 0.167. The number of benzene rings is 1. The Morgan fingerprint density at radius 2 is 2.08 bits per heavy atom. The molecule has 1 atom stereocenters. The Hall–Kier alpha value is -3.19. The van der Waals surface area contributed by atoms with Crippen LogP contribution in [0.3, 0.4) is 0 Å². The Labute approximate surface area is 144 Å². The second kappa shape index (κ2) is 6.74. The van der Waals surface area contributed by atoms with Crippen LogP contribution in [0.15, 0.2) is 70.1 Å². The van der Waals surface area contributed by atoms with Crippen LogP contribution in [0, 0.1) is 0 Å². The minimum atomic E-state index is 0.0827. The van der Waals surface area contributed by atoms with Crippen molar-refractivity contribution in [2.45, 2.75) is 19.5 Å². The van der Waals surface area contributed by atoms with E-state index in [1.807, 2.05) is 35.1 Å². The minimum Gasteiger partial charge on any atom is -0.461 e. The summed E-state index contributed by atoms with van der Waals surface area (Å²) in [5.41, 5.74) is 2.17. The third-order valence-corrected chi connectivity index (χ3v) is 3.92. The lowest BCUT2D eigenvalue weighted by molar-refractivity contribution is 0.359. The van der Waals surface area contributed by atoms with Gasteiger partial charge in [-0.05, 0) is 36.8 Å².